The van der Waals surface area contributed by atoms with Gasteiger partial charge in [0.1, 0.15) is 0 Å². The highest BCUT2D eigenvalue weighted by molar-refractivity contribution is 5.82. The SMILES string of the molecule is CCN1CCN(C(C)CNC(=O)C2CCCN2)CC1. The van der Waals surface area contributed by atoms with Crippen LogP contribution in [0.4, 0.5) is 0 Å². The van der Waals surface area contributed by atoms with Crippen LogP contribution in [0.2, 0.25) is 0 Å². The van der Waals surface area contributed by atoms with E-state index in [1.807, 2.05) is 0 Å². The van der Waals surface area contributed by atoms with E-state index in [1.165, 1.54) is 0 Å². The van der Waals surface area contributed by atoms with Crippen molar-refractivity contribution in [1.82, 2.24) is 20.4 Å². The molecule has 0 saturated carbocycles. The lowest BCUT2D eigenvalue weighted by Crippen LogP contribution is -2.53. The first-order valence-corrected chi connectivity index (χ1v) is 7.68. The molecule has 1 amide bonds. The van der Waals surface area contributed by atoms with E-state index in [0.29, 0.717) is 6.04 Å². The molecule has 5 nitrogen and oxygen atoms in total. The Kier molecular flexibility index (Phi) is 5.60. The van der Waals surface area contributed by atoms with Crippen LogP contribution in [-0.2, 0) is 4.79 Å². The van der Waals surface area contributed by atoms with E-state index in [-0.39, 0.29) is 11.9 Å². The first-order chi connectivity index (χ1) is 9.20. The molecule has 0 aromatic carbocycles. The molecule has 2 aliphatic heterocycles. The number of hydrogen-bond donors (Lipinski definition) is 2. The number of likely N-dealkylation sites (N-methyl/N-ethyl adjacent to an activating group) is 1. The number of nitrogens with one attached hydrogen (secondary N) is 2. The van der Waals surface area contributed by atoms with Gasteiger partial charge in [-0.1, -0.05) is 6.92 Å². The van der Waals surface area contributed by atoms with Gasteiger partial charge in [-0.2, -0.15) is 0 Å². The molecule has 0 aromatic rings. The maximum absolute atomic E-state index is 11.9. The quantitative estimate of drug-likeness (QED) is 0.730. The molecule has 0 aliphatic carbocycles. The van der Waals surface area contributed by atoms with Crippen molar-refractivity contribution in [2.45, 2.75) is 38.8 Å². The topological polar surface area (TPSA) is 47.6 Å². The summed E-state index contributed by atoms with van der Waals surface area (Å²) in [5.74, 6) is 0.177. The summed E-state index contributed by atoms with van der Waals surface area (Å²) in [6.45, 7) is 11.9. The number of nitrogens with zero attached hydrogens (tertiary/aromatic N) is 2. The molecule has 2 N–H and O–H groups in total. The Morgan fingerprint density at radius 3 is 2.68 bits per heavy atom. The van der Waals surface area contributed by atoms with E-state index in [4.69, 9.17) is 0 Å². The maximum Gasteiger partial charge on any atom is 0.237 e. The van der Waals surface area contributed by atoms with Crippen LogP contribution in [0.15, 0.2) is 0 Å². The van der Waals surface area contributed by atoms with Crippen LogP contribution >= 0.6 is 0 Å². The van der Waals surface area contributed by atoms with Crippen molar-refractivity contribution in [3.05, 3.63) is 0 Å². The largest absolute Gasteiger partial charge is 0.353 e. The van der Waals surface area contributed by atoms with Gasteiger partial charge in [-0.05, 0) is 32.9 Å². The zero-order chi connectivity index (χ0) is 13.7. The van der Waals surface area contributed by atoms with Crippen LogP contribution in [0.1, 0.15) is 26.7 Å². The fourth-order valence-corrected chi connectivity index (χ4v) is 2.93. The molecule has 2 atom stereocenters. The monoisotopic (exact) mass is 268 g/mol. The van der Waals surface area contributed by atoms with Crippen LogP contribution in [0.3, 0.4) is 0 Å². The molecule has 2 heterocycles. The van der Waals surface area contributed by atoms with Crippen molar-refractivity contribution < 1.29 is 4.79 Å². The van der Waals surface area contributed by atoms with E-state index >= 15 is 0 Å². The second-order valence-corrected chi connectivity index (χ2v) is 5.71. The normalized spacial score (nSPS) is 27.4. The molecular formula is C14H28N4O. The second-order valence-electron chi connectivity index (χ2n) is 5.71. The summed E-state index contributed by atoms with van der Waals surface area (Å²) in [7, 11) is 0. The number of carbonyl (C=O) groups is 1. The number of hydrogen-bond acceptors (Lipinski definition) is 4. The summed E-state index contributed by atoms with van der Waals surface area (Å²) in [4.78, 5) is 16.9. The lowest BCUT2D eigenvalue weighted by molar-refractivity contribution is -0.123. The van der Waals surface area contributed by atoms with Gasteiger partial charge in [0, 0.05) is 38.8 Å². The molecule has 2 fully saturated rings. The minimum absolute atomic E-state index is 0.0455. The predicted molar refractivity (Wildman–Crippen MR) is 77.2 cm³/mol. The van der Waals surface area contributed by atoms with E-state index < -0.39 is 0 Å². The van der Waals surface area contributed by atoms with E-state index in [2.05, 4.69) is 34.3 Å². The summed E-state index contributed by atoms with van der Waals surface area (Å²) in [5.41, 5.74) is 0. The Bertz CT molecular complexity index is 283. The van der Waals surface area contributed by atoms with E-state index in [9.17, 15) is 4.79 Å². The highest BCUT2D eigenvalue weighted by atomic mass is 16.2. The fourth-order valence-electron chi connectivity index (χ4n) is 2.93. The molecule has 5 heteroatoms. The average molecular weight is 268 g/mol. The molecule has 0 spiro atoms. The molecule has 19 heavy (non-hydrogen) atoms. The van der Waals surface area contributed by atoms with Gasteiger partial charge in [0.05, 0.1) is 6.04 Å². The molecular weight excluding hydrogens is 240 g/mol. The zero-order valence-corrected chi connectivity index (χ0v) is 12.3. The number of amides is 1. The van der Waals surface area contributed by atoms with Gasteiger partial charge in [0.25, 0.3) is 0 Å². The summed E-state index contributed by atoms with van der Waals surface area (Å²) in [6, 6.07) is 0.480. The van der Waals surface area contributed by atoms with E-state index in [1.54, 1.807) is 0 Å². The van der Waals surface area contributed by atoms with E-state index in [0.717, 1.165) is 58.7 Å². The van der Waals surface area contributed by atoms with Gasteiger partial charge in [0.2, 0.25) is 5.91 Å². The van der Waals surface area contributed by atoms with Gasteiger partial charge in [0.15, 0.2) is 0 Å². The number of carbonyl (C=O) groups excluding carboxylic acids is 1. The summed E-state index contributed by atoms with van der Waals surface area (Å²) in [5, 5.41) is 6.33. The number of piperazine rings is 1. The average Bonchev–Trinajstić information content (AvgIpc) is 2.98. The molecule has 2 rings (SSSR count). The Labute approximate surface area is 116 Å². The smallest absolute Gasteiger partial charge is 0.237 e. The van der Waals surface area contributed by atoms with Crippen molar-refractivity contribution >= 4 is 5.91 Å². The van der Waals surface area contributed by atoms with Gasteiger partial charge in [-0.3, -0.25) is 9.69 Å². The highest BCUT2D eigenvalue weighted by Gasteiger charge is 2.24. The molecule has 0 aromatic heterocycles. The van der Waals surface area contributed by atoms with Gasteiger partial charge < -0.3 is 15.5 Å². The molecule has 2 saturated heterocycles. The lowest BCUT2D eigenvalue weighted by Gasteiger charge is -2.37. The first kappa shape index (κ1) is 14.8. The first-order valence-electron chi connectivity index (χ1n) is 7.68. The van der Waals surface area contributed by atoms with Crippen LogP contribution in [0.25, 0.3) is 0 Å². The third-order valence-corrected chi connectivity index (χ3v) is 4.43. The van der Waals surface area contributed by atoms with Crippen LogP contribution < -0.4 is 10.6 Å². The minimum Gasteiger partial charge on any atom is -0.353 e. The number of rotatable bonds is 5. The van der Waals surface area contributed by atoms with Gasteiger partial charge in [-0.25, -0.2) is 0 Å². The summed E-state index contributed by atoms with van der Waals surface area (Å²) < 4.78 is 0. The van der Waals surface area contributed by atoms with Gasteiger partial charge in [-0.15, -0.1) is 0 Å². The van der Waals surface area contributed by atoms with Gasteiger partial charge >= 0.3 is 0 Å². The van der Waals surface area contributed by atoms with Crippen molar-refractivity contribution in [3.63, 3.8) is 0 Å². The second kappa shape index (κ2) is 7.22. The minimum atomic E-state index is 0.0455. The fraction of sp³-hybridized carbons (Fsp3) is 0.929. The van der Waals surface area contributed by atoms with Crippen molar-refractivity contribution in [3.8, 4) is 0 Å². The highest BCUT2D eigenvalue weighted by Crippen LogP contribution is 2.07. The summed E-state index contributed by atoms with van der Waals surface area (Å²) >= 11 is 0. The van der Waals surface area contributed by atoms with Crippen LogP contribution in [0.5, 0.6) is 0 Å². The summed E-state index contributed by atoms with van der Waals surface area (Å²) in [6.07, 6.45) is 2.10. The van der Waals surface area contributed by atoms with Crippen molar-refractivity contribution in [1.29, 1.82) is 0 Å². The molecule has 2 unspecified atom stereocenters. The van der Waals surface area contributed by atoms with Crippen LogP contribution in [-0.4, -0.2) is 73.6 Å². The molecule has 0 radical (unpaired) electrons. The third-order valence-electron chi connectivity index (χ3n) is 4.43. The Morgan fingerprint density at radius 1 is 1.37 bits per heavy atom. The zero-order valence-electron chi connectivity index (χ0n) is 12.3. The Balaban J connectivity index is 1.66. The predicted octanol–water partition coefficient (Wildman–Crippen LogP) is -0.119. The molecule has 2 aliphatic rings. The van der Waals surface area contributed by atoms with Crippen molar-refractivity contribution in [2.24, 2.45) is 0 Å². The standard InChI is InChI=1S/C14H28N4O/c1-3-17-7-9-18(10-8-17)12(2)11-16-14(19)13-5-4-6-15-13/h12-13,15H,3-11H2,1-2H3,(H,16,19). The van der Waals surface area contributed by atoms with Crippen molar-refractivity contribution in [2.75, 3.05) is 45.8 Å². The molecule has 110 valence electrons. The third kappa shape index (κ3) is 4.16. The molecule has 0 bridgehead atoms. The van der Waals surface area contributed by atoms with Crippen LogP contribution in [0, 0.1) is 0 Å². The Morgan fingerprint density at radius 2 is 2.11 bits per heavy atom. The Hall–Kier alpha value is -0.650. The lowest BCUT2D eigenvalue weighted by atomic mass is 10.2. The maximum atomic E-state index is 11.9.